The highest BCUT2D eigenvalue weighted by atomic mass is 16.5. The summed E-state index contributed by atoms with van der Waals surface area (Å²) in [5.41, 5.74) is 7.37. The van der Waals surface area contributed by atoms with Crippen LogP contribution in [0.1, 0.15) is 38.8 Å². The van der Waals surface area contributed by atoms with Gasteiger partial charge in [-0.3, -0.25) is 0 Å². The zero-order valence-corrected chi connectivity index (χ0v) is 11.0. The lowest BCUT2D eigenvalue weighted by atomic mass is 9.82. The Balaban J connectivity index is 2.32. The van der Waals surface area contributed by atoms with E-state index in [-0.39, 0.29) is 17.6 Å². The normalized spacial score (nSPS) is 23.8. The maximum absolute atomic E-state index is 6.22. The molecule has 3 nitrogen and oxygen atoms in total. The summed E-state index contributed by atoms with van der Waals surface area (Å²) >= 11 is 0. The molecule has 1 aromatic carbocycles. The van der Waals surface area contributed by atoms with Gasteiger partial charge in [0.15, 0.2) is 0 Å². The van der Waals surface area contributed by atoms with Crippen molar-refractivity contribution in [2.45, 2.75) is 39.3 Å². The SMILES string of the molecule is COc1ccc2c(c1)[C@H](N)CC(C(C)(C)C)O2. The van der Waals surface area contributed by atoms with Crippen molar-refractivity contribution in [3.05, 3.63) is 23.8 Å². The lowest BCUT2D eigenvalue weighted by molar-refractivity contribution is 0.0580. The molecule has 0 bridgehead atoms. The van der Waals surface area contributed by atoms with Crippen molar-refractivity contribution in [2.24, 2.45) is 11.1 Å². The summed E-state index contributed by atoms with van der Waals surface area (Å²) < 4.78 is 11.2. The van der Waals surface area contributed by atoms with Crippen molar-refractivity contribution in [2.75, 3.05) is 7.11 Å². The topological polar surface area (TPSA) is 44.5 Å². The monoisotopic (exact) mass is 235 g/mol. The molecule has 1 unspecified atom stereocenters. The summed E-state index contributed by atoms with van der Waals surface area (Å²) in [5.74, 6) is 1.72. The van der Waals surface area contributed by atoms with Gasteiger partial charge in [-0.15, -0.1) is 0 Å². The van der Waals surface area contributed by atoms with E-state index in [2.05, 4.69) is 20.8 Å². The average Bonchev–Trinajstić information content (AvgIpc) is 2.27. The van der Waals surface area contributed by atoms with Gasteiger partial charge in [-0.05, 0) is 23.6 Å². The maximum Gasteiger partial charge on any atom is 0.124 e. The molecule has 0 amide bonds. The van der Waals surface area contributed by atoms with Gasteiger partial charge in [-0.2, -0.15) is 0 Å². The summed E-state index contributed by atoms with van der Waals surface area (Å²) in [6.45, 7) is 6.54. The van der Waals surface area contributed by atoms with E-state index in [0.29, 0.717) is 0 Å². The molecule has 0 fully saturated rings. The second kappa shape index (κ2) is 4.22. The molecule has 0 saturated heterocycles. The molecule has 0 spiro atoms. The van der Waals surface area contributed by atoms with Crippen LogP contribution in [0.4, 0.5) is 0 Å². The highest BCUT2D eigenvalue weighted by molar-refractivity contribution is 5.43. The van der Waals surface area contributed by atoms with Crippen LogP contribution in [0.5, 0.6) is 11.5 Å². The summed E-state index contributed by atoms with van der Waals surface area (Å²) in [5, 5.41) is 0. The van der Waals surface area contributed by atoms with Crippen molar-refractivity contribution >= 4 is 0 Å². The number of hydrogen-bond donors (Lipinski definition) is 1. The Labute approximate surface area is 103 Å². The number of ether oxygens (including phenoxy) is 2. The van der Waals surface area contributed by atoms with Gasteiger partial charge in [0.25, 0.3) is 0 Å². The first-order valence-electron chi connectivity index (χ1n) is 6.02. The van der Waals surface area contributed by atoms with Crippen molar-refractivity contribution in [1.82, 2.24) is 0 Å². The van der Waals surface area contributed by atoms with E-state index in [4.69, 9.17) is 15.2 Å². The van der Waals surface area contributed by atoms with Crippen molar-refractivity contribution in [1.29, 1.82) is 0 Å². The third-order valence-electron chi connectivity index (χ3n) is 3.32. The Morgan fingerprint density at radius 1 is 1.35 bits per heavy atom. The van der Waals surface area contributed by atoms with Crippen LogP contribution in [0.3, 0.4) is 0 Å². The second-order valence-electron chi connectivity index (χ2n) is 5.72. The van der Waals surface area contributed by atoms with Crippen LogP contribution in [0.25, 0.3) is 0 Å². The van der Waals surface area contributed by atoms with Gasteiger partial charge in [0.1, 0.15) is 17.6 Å². The fourth-order valence-electron chi connectivity index (χ4n) is 2.14. The Kier molecular flexibility index (Phi) is 3.04. The van der Waals surface area contributed by atoms with Crippen molar-refractivity contribution < 1.29 is 9.47 Å². The number of benzene rings is 1. The van der Waals surface area contributed by atoms with E-state index in [9.17, 15) is 0 Å². The first kappa shape index (κ1) is 12.2. The Morgan fingerprint density at radius 3 is 2.65 bits per heavy atom. The van der Waals surface area contributed by atoms with Crippen LogP contribution in [-0.4, -0.2) is 13.2 Å². The molecule has 1 aliphatic heterocycles. The van der Waals surface area contributed by atoms with Crippen LogP contribution in [-0.2, 0) is 0 Å². The maximum atomic E-state index is 6.22. The summed E-state index contributed by atoms with van der Waals surface area (Å²) in [6, 6.07) is 5.86. The molecule has 0 aromatic heterocycles. The molecular formula is C14H21NO2. The minimum atomic E-state index is 0.0260. The standard InChI is InChI=1S/C14H21NO2/c1-14(2,3)13-8-11(15)10-7-9(16-4)5-6-12(10)17-13/h5-7,11,13H,8,15H2,1-4H3/t11-,13?/m1/s1. The van der Waals surface area contributed by atoms with Gasteiger partial charge >= 0.3 is 0 Å². The molecule has 2 atom stereocenters. The summed E-state index contributed by atoms with van der Waals surface area (Å²) in [7, 11) is 1.66. The molecule has 0 aliphatic carbocycles. The third kappa shape index (κ3) is 2.39. The first-order chi connectivity index (χ1) is 7.91. The fourth-order valence-corrected chi connectivity index (χ4v) is 2.14. The third-order valence-corrected chi connectivity index (χ3v) is 3.32. The van der Waals surface area contributed by atoms with Crippen LogP contribution < -0.4 is 15.2 Å². The van der Waals surface area contributed by atoms with Crippen LogP contribution >= 0.6 is 0 Å². The Bertz CT molecular complexity index is 409. The van der Waals surface area contributed by atoms with E-state index >= 15 is 0 Å². The van der Waals surface area contributed by atoms with Gasteiger partial charge < -0.3 is 15.2 Å². The zero-order chi connectivity index (χ0) is 12.6. The predicted octanol–water partition coefficient (Wildman–Crippen LogP) is 2.89. The minimum Gasteiger partial charge on any atom is -0.497 e. The first-order valence-corrected chi connectivity index (χ1v) is 6.02. The molecule has 1 heterocycles. The van der Waals surface area contributed by atoms with Gasteiger partial charge in [0.2, 0.25) is 0 Å². The average molecular weight is 235 g/mol. The molecule has 2 N–H and O–H groups in total. The van der Waals surface area contributed by atoms with Gasteiger partial charge in [0.05, 0.1) is 7.11 Å². The minimum absolute atomic E-state index is 0.0260. The van der Waals surface area contributed by atoms with E-state index < -0.39 is 0 Å². The molecule has 1 aliphatic rings. The molecule has 0 saturated carbocycles. The van der Waals surface area contributed by atoms with Crippen molar-refractivity contribution in [3.63, 3.8) is 0 Å². The van der Waals surface area contributed by atoms with Crippen molar-refractivity contribution in [3.8, 4) is 11.5 Å². The van der Waals surface area contributed by atoms with Crippen LogP contribution in [0.2, 0.25) is 0 Å². The molecule has 1 aromatic rings. The zero-order valence-electron chi connectivity index (χ0n) is 11.0. The summed E-state index contributed by atoms with van der Waals surface area (Å²) in [6.07, 6.45) is 1.02. The van der Waals surface area contributed by atoms with Crippen LogP contribution in [0, 0.1) is 5.41 Å². The van der Waals surface area contributed by atoms with E-state index in [0.717, 1.165) is 23.5 Å². The van der Waals surface area contributed by atoms with E-state index in [1.54, 1.807) is 7.11 Å². The molecule has 3 heteroatoms. The van der Waals surface area contributed by atoms with Gasteiger partial charge in [-0.25, -0.2) is 0 Å². The summed E-state index contributed by atoms with van der Waals surface area (Å²) in [4.78, 5) is 0. The Morgan fingerprint density at radius 2 is 2.06 bits per heavy atom. The number of methoxy groups -OCH3 is 1. The van der Waals surface area contributed by atoms with Gasteiger partial charge in [-0.1, -0.05) is 20.8 Å². The fraction of sp³-hybridized carbons (Fsp3) is 0.571. The van der Waals surface area contributed by atoms with E-state index in [1.807, 2.05) is 18.2 Å². The second-order valence-corrected chi connectivity index (χ2v) is 5.72. The lowest BCUT2D eigenvalue weighted by Gasteiger charge is -2.38. The largest absolute Gasteiger partial charge is 0.497 e. The number of rotatable bonds is 1. The smallest absolute Gasteiger partial charge is 0.124 e. The molecule has 0 radical (unpaired) electrons. The molecular weight excluding hydrogens is 214 g/mol. The highest BCUT2D eigenvalue weighted by Crippen LogP contribution is 2.40. The number of nitrogens with two attached hydrogens (primary N) is 1. The van der Waals surface area contributed by atoms with Crippen LogP contribution in [0.15, 0.2) is 18.2 Å². The van der Waals surface area contributed by atoms with E-state index in [1.165, 1.54) is 0 Å². The number of fused-ring (bicyclic) bond motifs is 1. The lowest BCUT2D eigenvalue weighted by Crippen LogP contribution is -2.38. The quantitative estimate of drug-likeness (QED) is 0.814. The molecule has 17 heavy (non-hydrogen) atoms. The Hall–Kier alpha value is -1.22. The molecule has 2 rings (SSSR count). The van der Waals surface area contributed by atoms with Gasteiger partial charge in [0, 0.05) is 18.0 Å². The molecule has 94 valence electrons. The number of hydrogen-bond acceptors (Lipinski definition) is 3. The highest BCUT2D eigenvalue weighted by Gasteiger charge is 2.34. The predicted molar refractivity (Wildman–Crippen MR) is 68.4 cm³/mol.